The first kappa shape index (κ1) is 32.3. The lowest BCUT2D eigenvalue weighted by Crippen LogP contribution is -2.48. The highest BCUT2D eigenvalue weighted by molar-refractivity contribution is 5.82. The van der Waals surface area contributed by atoms with Gasteiger partial charge in [-0.2, -0.15) is 0 Å². The van der Waals surface area contributed by atoms with Gasteiger partial charge in [-0.1, -0.05) is 66.7 Å². The molecule has 2 unspecified atom stereocenters. The number of likely N-dealkylation sites (tertiary alicyclic amines) is 1. The number of para-hydroxylation sites is 1. The summed E-state index contributed by atoms with van der Waals surface area (Å²) in [5, 5.41) is 2.39. The second-order valence-corrected chi connectivity index (χ2v) is 12.5. The second kappa shape index (κ2) is 15.3. The maximum absolute atomic E-state index is 13.0. The third-order valence-corrected chi connectivity index (χ3v) is 7.95. The van der Waals surface area contributed by atoms with Gasteiger partial charge in [0.1, 0.15) is 17.1 Å². The number of rotatable bonds is 12. The van der Waals surface area contributed by atoms with Gasteiger partial charge in [0.25, 0.3) is 0 Å². The highest BCUT2D eigenvalue weighted by atomic mass is 16.6. The summed E-state index contributed by atoms with van der Waals surface area (Å²) in [6.07, 6.45) is 1.09. The van der Waals surface area contributed by atoms with Gasteiger partial charge in [0.05, 0.1) is 46.2 Å². The van der Waals surface area contributed by atoms with Crippen LogP contribution in [0.3, 0.4) is 0 Å². The highest BCUT2D eigenvalue weighted by Crippen LogP contribution is 2.33. The summed E-state index contributed by atoms with van der Waals surface area (Å²) in [6.45, 7) is 8.91. The highest BCUT2D eigenvalue weighted by Gasteiger charge is 2.35. The number of carbonyl (C=O) groups excluding carboxylic acids is 1. The molecule has 0 spiro atoms. The summed E-state index contributed by atoms with van der Waals surface area (Å²) >= 11 is 0. The molecule has 5 rings (SSSR count). The standard InChI is InChI=1S/C38H45NO6/c1-38(2,3)45-37(40)39-21-20-34(36(25-39)44-26-28-14-15-29-10-5-6-11-31(29)24-28)30-16-18-33(19-17-30)43-23-9-22-42-27-32-12-7-8-13-35(32)41-4/h5-8,10-19,24,34,36H,9,20-23,25-27H2,1-4H3. The van der Waals surface area contributed by atoms with Crippen molar-refractivity contribution in [2.75, 3.05) is 33.4 Å². The average Bonchev–Trinajstić information content (AvgIpc) is 3.05. The zero-order valence-electron chi connectivity index (χ0n) is 26.9. The van der Waals surface area contributed by atoms with Crippen molar-refractivity contribution in [3.63, 3.8) is 0 Å². The number of benzene rings is 4. The molecule has 238 valence electrons. The van der Waals surface area contributed by atoms with Gasteiger partial charge in [-0.15, -0.1) is 0 Å². The van der Waals surface area contributed by atoms with E-state index in [0.717, 1.165) is 35.5 Å². The molecule has 1 aliphatic heterocycles. The summed E-state index contributed by atoms with van der Waals surface area (Å²) in [5.74, 6) is 1.80. The number of amides is 1. The van der Waals surface area contributed by atoms with Crippen molar-refractivity contribution in [1.29, 1.82) is 0 Å². The minimum absolute atomic E-state index is 0.140. The number of fused-ring (bicyclic) bond motifs is 1. The van der Waals surface area contributed by atoms with E-state index in [9.17, 15) is 4.79 Å². The average molecular weight is 612 g/mol. The van der Waals surface area contributed by atoms with Crippen molar-refractivity contribution in [3.05, 3.63) is 108 Å². The molecule has 0 N–H and O–H groups in total. The molecule has 0 radical (unpaired) electrons. The van der Waals surface area contributed by atoms with Crippen molar-refractivity contribution in [3.8, 4) is 11.5 Å². The molecule has 7 nitrogen and oxygen atoms in total. The molecular weight excluding hydrogens is 566 g/mol. The van der Waals surface area contributed by atoms with Crippen LogP contribution in [-0.2, 0) is 27.4 Å². The third-order valence-electron chi connectivity index (χ3n) is 7.95. The van der Waals surface area contributed by atoms with Gasteiger partial charge in [-0.25, -0.2) is 4.79 Å². The van der Waals surface area contributed by atoms with Crippen molar-refractivity contribution in [1.82, 2.24) is 4.90 Å². The minimum atomic E-state index is -0.549. The van der Waals surface area contributed by atoms with Crippen LogP contribution in [0.2, 0.25) is 0 Å². The molecule has 1 amide bonds. The molecule has 1 saturated heterocycles. The third kappa shape index (κ3) is 9.22. The van der Waals surface area contributed by atoms with Crippen LogP contribution in [-0.4, -0.2) is 56.1 Å². The fraction of sp³-hybridized carbons (Fsp3) is 0.395. The molecule has 1 fully saturated rings. The summed E-state index contributed by atoms with van der Waals surface area (Å²) in [5.41, 5.74) is 2.77. The number of hydrogen-bond donors (Lipinski definition) is 0. The molecule has 4 aromatic rings. The Morgan fingerprint density at radius 2 is 1.62 bits per heavy atom. The maximum atomic E-state index is 13.0. The molecule has 0 aromatic heterocycles. The zero-order chi connectivity index (χ0) is 31.6. The van der Waals surface area contributed by atoms with Crippen LogP contribution in [0.4, 0.5) is 4.79 Å². The Hall–Kier alpha value is -4.07. The number of hydrogen-bond acceptors (Lipinski definition) is 6. The van der Waals surface area contributed by atoms with Gasteiger partial charge in [0, 0.05) is 24.4 Å². The number of ether oxygens (including phenoxy) is 5. The fourth-order valence-corrected chi connectivity index (χ4v) is 5.66. The molecule has 45 heavy (non-hydrogen) atoms. The van der Waals surface area contributed by atoms with E-state index in [4.69, 9.17) is 23.7 Å². The predicted molar refractivity (Wildman–Crippen MR) is 177 cm³/mol. The lowest BCUT2D eigenvalue weighted by Gasteiger charge is -2.39. The van der Waals surface area contributed by atoms with Crippen molar-refractivity contribution < 1.29 is 28.5 Å². The minimum Gasteiger partial charge on any atom is -0.496 e. The van der Waals surface area contributed by atoms with Crippen molar-refractivity contribution in [2.45, 2.75) is 64.4 Å². The monoisotopic (exact) mass is 611 g/mol. The van der Waals surface area contributed by atoms with E-state index in [1.165, 1.54) is 16.3 Å². The molecule has 2 atom stereocenters. The van der Waals surface area contributed by atoms with Crippen LogP contribution in [0.25, 0.3) is 10.8 Å². The first-order valence-corrected chi connectivity index (χ1v) is 15.8. The van der Waals surface area contributed by atoms with E-state index >= 15 is 0 Å². The molecule has 4 aromatic carbocycles. The first-order valence-electron chi connectivity index (χ1n) is 15.8. The number of nitrogens with zero attached hydrogens (tertiary/aromatic N) is 1. The maximum Gasteiger partial charge on any atom is 0.410 e. The van der Waals surface area contributed by atoms with Gasteiger partial charge in [-0.05, 0) is 73.4 Å². The van der Waals surface area contributed by atoms with E-state index in [0.29, 0.717) is 39.5 Å². The van der Waals surface area contributed by atoms with E-state index in [2.05, 4.69) is 42.5 Å². The fourth-order valence-electron chi connectivity index (χ4n) is 5.66. The molecular formula is C38H45NO6. The number of piperidine rings is 1. The Labute approximate surface area is 267 Å². The topological polar surface area (TPSA) is 66.5 Å². The van der Waals surface area contributed by atoms with E-state index in [1.807, 2.05) is 69.3 Å². The van der Waals surface area contributed by atoms with Gasteiger partial charge < -0.3 is 28.6 Å². The summed E-state index contributed by atoms with van der Waals surface area (Å²) in [7, 11) is 1.67. The second-order valence-electron chi connectivity index (χ2n) is 12.5. The molecule has 0 bridgehead atoms. The Bertz CT molecular complexity index is 1530. The van der Waals surface area contributed by atoms with Crippen LogP contribution in [0.15, 0.2) is 91.0 Å². The Morgan fingerprint density at radius 1 is 0.867 bits per heavy atom. The van der Waals surface area contributed by atoms with E-state index < -0.39 is 5.60 Å². The van der Waals surface area contributed by atoms with Crippen LogP contribution in [0.5, 0.6) is 11.5 Å². The number of methoxy groups -OCH3 is 1. The van der Waals surface area contributed by atoms with Gasteiger partial charge >= 0.3 is 6.09 Å². The Kier molecular flexibility index (Phi) is 11.0. The summed E-state index contributed by atoms with van der Waals surface area (Å²) in [4.78, 5) is 14.7. The van der Waals surface area contributed by atoms with Crippen molar-refractivity contribution in [2.24, 2.45) is 0 Å². The zero-order valence-corrected chi connectivity index (χ0v) is 26.9. The molecule has 1 aliphatic rings. The Balaban J connectivity index is 1.17. The van der Waals surface area contributed by atoms with Gasteiger partial charge in [-0.3, -0.25) is 0 Å². The normalized spacial score (nSPS) is 16.8. The molecule has 7 heteroatoms. The first-order chi connectivity index (χ1) is 21.8. The Morgan fingerprint density at radius 3 is 2.40 bits per heavy atom. The summed E-state index contributed by atoms with van der Waals surface area (Å²) < 4.78 is 29.5. The van der Waals surface area contributed by atoms with Crippen LogP contribution in [0, 0.1) is 0 Å². The summed E-state index contributed by atoms with van der Waals surface area (Å²) in [6, 6.07) is 30.9. The van der Waals surface area contributed by atoms with E-state index in [1.54, 1.807) is 12.0 Å². The molecule has 1 heterocycles. The number of carbonyl (C=O) groups is 1. The van der Waals surface area contributed by atoms with E-state index in [-0.39, 0.29) is 18.1 Å². The molecule has 0 aliphatic carbocycles. The quantitative estimate of drug-likeness (QED) is 0.151. The lowest BCUT2D eigenvalue weighted by molar-refractivity contribution is -0.0359. The largest absolute Gasteiger partial charge is 0.496 e. The van der Waals surface area contributed by atoms with Gasteiger partial charge in [0.15, 0.2) is 0 Å². The SMILES string of the molecule is COc1ccccc1COCCCOc1ccc(C2CCN(C(=O)OC(C)(C)C)CC2OCc2ccc3ccccc3c2)cc1. The van der Waals surface area contributed by atoms with Gasteiger partial charge in [0.2, 0.25) is 0 Å². The predicted octanol–water partition coefficient (Wildman–Crippen LogP) is 8.14. The smallest absolute Gasteiger partial charge is 0.410 e. The van der Waals surface area contributed by atoms with Crippen LogP contribution >= 0.6 is 0 Å². The van der Waals surface area contributed by atoms with Crippen LogP contribution in [0.1, 0.15) is 56.2 Å². The molecule has 0 saturated carbocycles. The lowest BCUT2D eigenvalue weighted by atomic mass is 9.87. The van der Waals surface area contributed by atoms with Crippen molar-refractivity contribution >= 4 is 16.9 Å². The van der Waals surface area contributed by atoms with Crippen LogP contribution < -0.4 is 9.47 Å².